The number of fused-ring (bicyclic) bond motifs is 2. The molecule has 92 valence electrons. The summed E-state index contributed by atoms with van der Waals surface area (Å²) in [5.41, 5.74) is 1.39. The molecule has 2 rings (SSSR count). The smallest absolute Gasteiger partial charge is 0.171 e. The highest BCUT2D eigenvalue weighted by molar-refractivity contribution is 5.01. The van der Waals surface area contributed by atoms with E-state index in [1.165, 1.54) is 5.57 Å². The molecule has 2 heterocycles. The number of allylic oxidation sites excluding steroid dienone is 1. The quantitative estimate of drug-likeness (QED) is 0.720. The van der Waals surface area contributed by atoms with Crippen LogP contribution in [-0.4, -0.2) is 54.7 Å². The first-order valence-corrected chi connectivity index (χ1v) is 6.02. The van der Waals surface area contributed by atoms with E-state index in [0.717, 1.165) is 26.1 Å². The van der Waals surface area contributed by atoms with Gasteiger partial charge in [-0.1, -0.05) is 18.6 Å². The molecular formula is C12H21NO3. The lowest BCUT2D eigenvalue weighted by molar-refractivity contribution is -0.110. The van der Waals surface area contributed by atoms with Crippen LogP contribution in [0.3, 0.4) is 0 Å². The molecule has 2 aliphatic rings. The summed E-state index contributed by atoms with van der Waals surface area (Å²) in [6.07, 6.45) is 3.09. The van der Waals surface area contributed by atoms with E-state index in [0.29, 0.717) is 0 Å². The van der Waals surface area contributed by atoms with E-state index < -0.39 is 0 Å². The molecule has 0 aromatic carbocycles. The Bertz CT molecular complexity index is 267. The average molecular weight is 227 g/mol. The van der Waals surface area contributed by atoms with Crippen molar-refractivity contribution in [3.05, 3.63) is 11.6 Å². The summed E-state index contributed by atoms with van der Waals surface area (Å²) in [5, 5.41) is 9.13. The van der Waals surface area contributed by atoms with Crippen LogP contribution in [0.1, 0.15) is 20.3 Å². The van der Waals surface area contributed by atoms with Crippen molar-refractivity contribution >= 4 is 0 Å². The van der Waals surface area contributed by atoms with Crippen LogP contribution in [0, 0.1) is 0 Å². The first kappa shape index (κ1) is 12.0. The third kappa shape index (κ3) is 2.63. The van der Waals surface area contributed by atoms with E-state index in [-0.39, 0.29) is 25.1 Å². The highest BCUT2D eigenvalue weighted by Gasteiger charge is 2.41. The Hall–Kier alpha value is -0.420. The van der Waals surface area contributed by atoms with Crippen LogP contribution in [0.15, 0.2) is 11.6 Å². The van der Waals surface area contributed by atoms with E-state index in [1.807, 2.05) is 0 Å². The Morgan fingerprint density at radius 1 is 1.44 bits per heavy atom. The molecule has 0 spiro atoms. The zero-order chi connectivity index (χ0) is 11.5. The van der Waals surface area contributed by atoms with Gasteiger partial charge < -0.3 is 14.6 Å². The second-order valence-electron chi connectivity index (χ2n) is 4.61. The SMILES string of the molecule is CC/C=C(\C)CN1C[C@@H]2O[C@@H](CO)[C@H](C1)O2. The van der Waals surface area contributed by atoms with Gasteiger partial charge in [0.05, 0.1) is 6.61 Å². The fourth-order valence-corrected chi connectivity index (χ4v) is 2.44. The first-order valence-electron chi connectivity index (χ1n) is 6.02. The summed E-state index contributed by atoms with van der Waals surface area (Å²) in [6.45, 7) is 7.01. The average Bonchev–Trinajstić information content (AvgIpc) is 2.53. The molecule has 0 saturated carbocycles. The highest BCUT2D eigenvalue weighted by Crippen LogP contribution is 2.25. The van der Waals surface area contributed by atoms with Gasteiger partial charge in [0.15, 0.2) is 6.29 Å². The van der Waals surface area contributed by atoms with Gasteiger partial charge in [0, 0.05) is 19.6 Å². The third-order valence-corrected chi connectivity index (χ3v) is 3.12. The summed E-state index contributed by atoms with van der Waals surface area (Å²) in [7, 11) is 0. The van der Waals surface area contributed by atoms with Gasteiger partial charge in [-0.05, 0) is 13.3 Å². The van der Waals surface area contributed by atoms with Crippen molar-refractivity contribution in [1.82, 2.24) is 4.90 Å². The van der Waals surface area contributed by atoms with E-state index in [2.05, 4.69) is 24.8 Å². The van der Waals surface area contributed by atoms with Crippen LogP contribution in [-0.2, 0) is 9.47 Å². The highest BCUT2D eigenvalue weighted by atomic mass is 16.7. The van der Waals surface area contributed by atoms with E-state index in [9.17, 15) is 0 Å². The van der Waals surface area contributed by atoms with Crippen LogP contribution in [0.2, 0.25) is 0 Å². The molecular weight excluding hydrogens is 206 g/mol. The second kappa shape index (κ2) is 5.27. The minimum absolute atomic E-state index is 0.0400. The maximum absolute atomic E-state index is 9.13. The molecule has 2 saturated heterocycles. The zero-order valence-electron chi connectivity index (χ0n) is 10.1. The molecule has 2 aliphatic heterocycles. The lowest BCUT2D eigenvalue weighted by Crippen LogP contribution is -2.45. The Kier molecular flexibility index (Phi) is 3.97. The van der Waals surface area contributed by atoms with Crippen molar-refractivity contribution in [3.63, 3.8) is 0 Å². The van der Waals surface area contributed by atoms with Gasteiger partial charge in [0.2, 0.25) is 0 Å². The maximum atomic E-state index is 9.13. The summed E-state index contributed by atoms with van der Waals surface area (Å²) >= 11 is 0. The van der Waals surface area contributed by atoms with Gasteiger partial charge in [-0.2, -0.15) is 0 Å². The molecule has 0 amide bonds. The largest absolute Gasteiger partial charge is 0.394 e. The lowest BCUT2D eigenvalue weighted by atomic mass is 10.1. The summed E-state index contributed by atoms with van der Waals surface area (Å²) < 4.78 is 11.2. The van der Waals surface area contributed by atoms with Crippen molar-refractivity contribution in [2.24, 2.45) is 0 Å². The molecule has 16 heavy (non-hydrogen) atoms. The van der Waals surface area contributed by atoms with E-state index in [1.54, 1.807) is 0 Å². The molecule has 0 radical (unpaired) electrons. The molecule has 2 fully saturated rings. The molecule has 0 unspecified atom stereocenters. The summed E-state index contributed by atoms with van der Waals surface area (Å²) in [5.74, 6) is 0. The standard InChI is InChI=1S/C12H21NO3/c1-3-4-9(2)5-13-6-10-11(8-14)16-12(7-13)15-10/h4,10-12,14H,3,5-8H2,1-2H3/b9-4+/t10-,11-,12-/m0/s1. The Morgan fingerprint density at radius 3 is 2.94 bits per heavy atom. The van der Waals surface area contributed by atoms with Gasteiger partial charge in [-0.3, -0.25) is 4.90 Å². The number of rotatable bonds is 4. The first-order chi connectivity index (χ1) is 7.72. The molecule has 4 nitrogen and oxygen atoms in total. The number of ether oxygens (including phenoxy) is 2. The Morgan fingerprint density at radius 2 is 2.25 bits per heavy atom. The van der Waals surface area contributed by atoms with Gasteiger partial charge in [-0.15, -0.1) is 0 Å². The minimum atomic E-state index is -0.148. The zero-order valence-corrected chi connectivity index (χ0v) is 10.1. The number of aliphatic hydroxyl groups is 1. The van der Waals surface area contributed by atoms with Crippen molar-refractivity contribution in [2.75, 3.05) is 26.2 Å². The van der Waals surface area contributed by atoms with E-state index >= 15 is 0 Å². The maximum Gasteiger partial charge on any atom is 0.171 e. The van der Waals surface area contributed by atoms with Crippen LogP contribution >= 0.6 is 0 Å². The molecule has 1 N–H and O–H groups in total. The molecule has 0 aliphatic carbocycles. The lowest BCUT2D eigenvalue weighted by Gasteiger charge is -2.30. The van der Waals surface area contributed by atoms with Crippen molar-refractivity contribution in [2.45, 2.75) is 38.8 Å². The molecule has 0 aromatic rings. The topological polar surface area (TPSA) is 41.9 Å². The van der Waals surface area contributed by atoms with Gasteiger partial charge >= 0.3 is 0 Å². The molecule has 4 heteroatoms. The van der Waals surface area contributed by atoms with Crippen LogP contribution in [0.4, 0.5) is 0 Å². The minimum Gasteiger partial charge on any atom is -0.394 e. The summed E-state index contributed by atoms with van der Waals surface area (Å²) in [4.78, 5) is 2.34. The van der Waals surface area contributed by atoms with Gasteiger partial charge in [0.1, 0.15) is 12.2 Å². The molecule has 3 atom stereocenters. The van der Waals surface area contributed by atoms with Crippen LogP contribution in [0.5, 0.6) is 0 Å². The monoisotopic (exact) mass is 227 g/mol. The fourth-order valence-electron chi connectivity index (χ4n) is 2.44. The van der Waals surface area contributed by atoms with Gasteiger partial charge in [-0.25, -0.2) is 0 Å². The van der Waals surface area contributed by atoms with Crippen LogP contribution in [0.25, 0.3) is 0 Å². The summed E-state index contributed by atoms with van der Waals surface area (Å²) in [6, 6.07) is 0. The number of aliphatic hydroxyl groups excluding tert-OH is 1. The number of hydrogen-bond acceptors (Lipinski definition) is 4. The van der Waals surface area contributed by atoms with Gasteiger partial charge in [0.25, 0.3) is 0 Å². The predicted octanol–water partition coefficient (Wildman–Crippen LogP) is 0.761. The fraction of sp³-hybridized carbons (Fsp3) is 0.833. The Balaban J connectivity index is 1.89. The van der Waals surface area contributed by atoms with E-state index in [4.69, 9.17) is 14.6 Å². The molecule has 2 bridgehead atoms. The Labute approximate surface area is 96.8 Å². The second-order valence-corrected chi connectivity index (χ2v) is 4.61. The number of morpholine rings is 1. The number of hydrogen-bond donors (Lipinski definition) is 1. The molecule has 0 aromatic heterocycles. The predicted molar refractivity (Wildman–Crippen MR) is 61.1 cm³/mol. The number of nitrogens with zero attached hydrogens (tertiary/aromatic N) is 1. The van der Waals surface area contributed by atoms with Crippen molar-refractivity contribution in [3.8, 4) is 0 Å². The van der Waals surface area contributed by atoms with Crippen molar-refractivity contribution in [1.29, 1.82) is 0 Å². The van der Waals surface area contributed by atoms with Crippen LogP contribution < -0.4 is 0 Å². The third-order valence-electron chi connectivity index (χ3n) is 3.12. The van der Waals surface area contributed by atoms with Crippen molar-refractivity contribution < 1.29 is 14.6 Å². The normalized spacial score (nSPS) is 35.7.